The number of carbonyl (C=O) groups is 1. The lowest BCUT2D eigenvalue weighted by Gasteiger charge is -2.18. The molecule has 3 nitrogen and oxygen atoms in total. The fraction of sp³-hybridized carbons (Fsp3) is 0.400. The molecule has 0 radical (unpaired) electrons. The van der Waals surface area contributed by atoms with E-state index in [4.69, 9.17) is 9.47 Å². The van der Waals surface area contributed by atoms with E-state index in [1.54, 1.807) is 6.08 Å². The van der Waals surface area contributed by atoms with Crippen LogP contribution in [0.2, 0.25) is 0 Å². The molecule has 1 rings (SSSR count). The molecule has 0 aliphatic rings. The molecular formula is C15H20O3. The van der Waals surface area contributed by atoms with Gasteiger partial charge in [-0.25, -0.2) is 4.79 Å². The van der Waals surface area contributed by atoms with Crippen LogP contribution in [0.4, 0.5) is 4.79 Å². The SMILES string of the molecule is C=Cc1ccc(CCOC(=O)OC(C)(C)C)cc1. The van der Waals surface area contributed by atoms with Crippen molar-refractivity contribution in [1.29, 1.82) is 0 Å². The smallest absolute Gasteiger partial charge is 0.434 e. The predicted molar refractivity (Wildman–Crippen MR) is 72.4 cm³/mol. The van der Waals surface area contributed by atoms with Crippen LogP contribution >= 0.6 is 0 Å². The van der Waals surface area contributed by atoms with Gasteiger partial charge in [-0.15, -0.1) is 0 Å². The molecule has 0 saturated heterocycles. The normalized spacial score (nSPS) is 10.8. The minimum absolute atomic E-state index is 0.322. The quantitative estimate of drug-likeness (QED) is 0.760. The average molecular weight is 248 g/mol. The fourth-order valence-electron chi connectivity index (χ4n) is 1.35. The summed E-state index contributed by atoms with van der Waals surface area (Å²) < 4.78 is 10.0. The molecule has 0 heterocycles. The van der Waals surface area contributed by atoms with Crippen molar-refractivity contribution in [3.8, 4) is 0 Å². The second-order valence-electron chi connectivity index (χ2n) is 5.01. The molecule has 18 heavy (non-hydrogen) atoms. The van der Waals surface area contributed by atoms with Crippen LogP contribution in [0.5, 0.6) is 0 Å². The highest BCUT2D eigenvalue weighted by atomic mass is 16.7. The summed E-state index contributed by atoms with van der Waals surface area (Å²) in [5, 5.41) is 0. The maximum absolute atomic E-state index is 11.3. The van der Waals surface area contributed by atoms with Crippen LogP contribution in [0.3, 0.4) is 0 Å². The Kier molecular flexibility index (Phi) is 4.95. The zero-order valence-corrected chi connectivity index (χ0v) is 11.2. The van der Waals surface area contributed by atoms with Crippen LogP contribution in [0, 0.1) is 0 Å². The second kappa shape index (κ2) is 6.24. The zero-order valence-electron chi connectivity index (χ0n) is 11.2. The summed E-state index contributed by atoms with van der Waals surface area (Å²) in [5.41, 5.74) is 1.68. The molecule has 0 N–H and O–H groups in total. The van der Waals surface area contributed by atoms with Gasteiger partial charge in [-0.2, -0.15) is 0 Å². The number of rotatable bonds is 4. The number of hydrogen-bond acceptors (Lipinski definition) is 3. The molecular weight excluding hydrogens is 228 g/mol. The van der Waals surface area contributed by atoms with Gasteiger partial charge in [0.15, 0.2) is 0 Å². The first kappa shape index (κ1) is 14.3. The third kappa shape index (κ3) is 5.53. The Bertz CT molecular complexity index is 399. The van der Waals surface area contributed by atoms with E-state index in [1.807, 2.05) is 45.0 Å². The van der Waals surface area contributed by atoms with E-state index in [0.29, 0.717) is 13.0 Å². The zero-order chi connectivity index (χ0) is 13.6. The van der Waals surface area contributed by atoms with Crippen molar-refractivity contribution in [3.05, 3.63) is 42.0 Å². The third-order valence-electron chi connectivity index (χ3n) is 2.22. The second-order valence-corrected chi connectivity index (χ2v) is 5.01. The summed E-state index contributed by atoms with van der Waals surface area (Å²) in [4.78, 5) is 11.3. The number of benzene rings is 1. The van der Waals surface area contributed by atoms with E-state index >= 15 is 0 Å². The van der Waals surface area contributed by atoms with Gasteiger partial charge in [-0.3, -0.25) is 0 Å². The van der Waals surface area contributed by atoms with Gasteiger partial charge in [0.1, 0.15) is 5.60 Å². The molecule has 0 aliphatic carbocycles. The molecule has 98 valence electrons. The van der Waals surface area contributed by atoms with Gasteiger partial charge in [-0.1, -0.05) is 36.9 Å². The van der Waals surface area contributed by atoms with Crippen molar-refractivity contribution in [3.63, 3.8) is 0 Å². The Morgan fingerprint density at radius 2 is 1.89 bits per heavy atom. The van der Waals surface area contributed by atoms with Crippen molar-refractivity contribution < 1.29 is 14.3 Å². The summed E-state index contributed by atoms with van der Waals surface area (Å²) in [6.45, 7) is 9.44. The number of hydrogen-bond donors (Lipinski definition) is 0. The van der Waals surface area contributed by atoms with Crippen LogP contribution in [0.1, 0.15) is 31.9 Å². The van der Waals surface area contributed by atoms with E-state index in [1.165, 1.54) is 0 Å². The van der Waals surface area contributed by atoms with Crippen molar-refractivity contribution >= 4 is 12.2 Å². The Morgan fingerprint density at radius 3 is 2.39 bits per heavy atom. The first-order valence-electron chi connectivity index (χ1n) is 5.98. The Morgan fingerprint density at radius 1 is 1.28 bits per heavy atom. The van der Waals surface area contributed by atoms with Crippen LogP contribution < -0.4 is 0 Å². The fourth-order valence-corrected chi connectivity index (χ4v) is 1.35. The van der Waals surface area contributed by atoms with E-state index in [0.717, 1.165) is 11.1 Å². The van der Waals surface area contributed by atoms with Crippen molar-refractivity contribution in [2.24, 2.45) is 0 Å². The third-order valence-corrected chi connectivity index (χ3v) is 2.22. The maximum atomic E-state index is 11.3. The van der Waals surface area contributed by atoms with Crippen molar-refractivity contribution in [2.75, 3.05) is 6.61 Å². The van der Waals surface area contributed by atoms with Crippen LogP contribution in [0.15, 0.2) is 30.8 Å². The van der Waals surface area contributed by atoms with Crippen molar-refractivity contribution in [2.45, 2.75) is 32.8 Å². The standard InChI is InChI=1S/C15H20O3/c1-5-12-6-8-13(9-7-12)10-11-17-14(16)18-15(2,3)4/h5-9H,1,10-11H2,2-4H3. The summed E-state index contributed by atoms with van der Waals surface area (Å²) in [7, 11) is 0. The molecule has 0 unspecified atom stereocenters. The summed E-state index contributed by atoms with van der Waals surface area (Å²) in [5.74, 6) is 0. The highest BCUT2D eigenvalue weighted by molar-refractivity contribution is 5.60. The van der Waals surface area contributed by atoms with Gasteiger partial charge in [-0.05, 0) is 31.9 Å². The first-order valence-corrected chi connectivity index (χ1v) is 5.98. The molecule has 0 spiro atoms. The average Bonchev–Trinajstić information content (AvgIpc) is 2.27. The lowest BCUT2D eigenvalue weighted by atomic mass is 10.1. The van der Waals surface area contributed by atoms with Gasteiger partial charge in [0, 0.05) is 6.42 Å². The molecule has 0 aromatic heterocycles. The summed E-state index contributed by atoms with van der Waals surface area (Å²) in [6.07, 6.45) is 1.85. The molecule has 0 amide bonds. The molecule has 0 bridgehead atoms. The van der Waals surface area contributed by atoms with Gasteiger partial charge in [0.25, 0.3) is 0 Å². The monoisotopic (exact) mass is 248 g/mol. The maximum Gasteiger partial charge on any atom is 0.508 e. The van der Waals surface area contributed by atoms with Gasteiger partial charge in [0.05, 0.1) is 6.61 Å². The molecule has 1 aromatic carbocycles. The molecule has 1 aromatic rings. The van der Waals surface area contributed by atoms with Crippen LogP contribution in [-0.2, 0) is 15.9 Å². The first-order chi connectivity index (χ1) is 8.40. The van der Waals surface area contributed by atoms with E-state index in [2.05, 4.69) is 6.58 Å². The molecule has 3 heteroatoms. The van der Waals surface area contributed by atoms with E-state index in [-0.39, 0.29) is 0 Å². The van der Waals surface area contributed by atoms with Crippen molar-refractivity contribution in [1.82, 2.24) is 0 Å². The number of ether oxygens (including phenoxy) is 2. The molecule has 0 aliphatic heterocycles. The minimum Gasteiger partial charge on any atom is -0.434 e. The Labute approximate surface area is 108 Å². The molecule has 0 atom stereocenters. The van der Waals surface area contributed by atoms with E-state index in [9.17, 15) is 4.79 Å². The minimum atomic E-state index is -0.620. The lowest BCUT2D eigenvalue weighted by Crippen LogP contribution is -2.24. The highest BCUT2D eigenvalue weighted by Crippen LogP contribution is 2.09. The Hall–Kier alpha value is -1.77. The predicted octanol–water partition coefficient (Wildman–Crippen LogP) is 3.82. The van der Waals surface area contributed by atoms with Gasteiger partial charge >= 0.3 is 6.16 Å². The molecule has 0 saturated carbocycles. The van der Waals surface area contributed by atoms with E-state index < -0.39 is 11.8 Å². The number of carbonyl (C=O) groups excluding carboxylic acids is 1. The topological polar surface area (TPSA) is 35.5 Å². The van der Waals surface area contributed by atoms with Crippen LogP contribution in [-0.4, -0.2) is 18.4 Å². The largest absolute Gasteiger partial charge is 0.508 e. The van der Waals surface area contributed by atoms with Gasteiger partial charge in [0.2, 0.25) is 0 Å². The summed E-state index contributed by atoms with van der Waals surface area (Å²) in [6, 6.07) is 7.95. The summed E-state index contributed by atoms with van der Waals surface area (Å²) >= 11 is 0. The molecule has 0 fully saturated rings. The Balaban J connectivity index is 2.33. The highest BCUT2D eigenvalue weighted by Gasteiger charge is 2.16. The lowest BCUT2D eigenvalue weighted by molar-refractivity contribution is -0.00662. The van der Waals surface area contributed by atoms with Gasteiger partial charge < -0.3 is 9.47 Å². The van der Waals surface area contributed by atoms with Crippen LogP contribution in [0.25, 0.3) is 6.08 Å².